The number of nitrogens with zero attached hydrogens (tertiary/aromatic N) is 1. The lowest BCUT2D eigenvalue weighted by Crippen LogP contribution is -2.46. The first-order valence-electron chi connectivity index (χ1n) is 6.92. The van der Waals surface area contributed by atoms with Crippen molar-refractivity contribution in [2.75, 3.05) is 24.2 Å². The molecule has 0 radical (unpaired) electrons. The molecule has 1 amide bonds. The summed E-state index contributed by atoms with van der Waals surface area (Å²) in [5, 5.41) is 2.82. The maximum absolute atomic E-state index is 14.3. The molecule has 0 bridgehead atoms. The Kier molecular flexibility index (Phi) is 3.39. The van der Waals surface area contributed by atoms with Gasteiger partial charge in [0.15, 0.2) is 9.84 Å². The van der Waals surface area contributed by atoms with Gasteiger partial charge >= 0.3 is 0 Å². The number of amides is 1. The van der Waals surface area contributed by atoms with Gasteiger partial charge in [-0.05, 0) is 31.0 Å². The first-order valence-corrected chi connectivity index (χ1v) is 8.81. The van der Waals surface area contributed by atoms with Crippen molar-refractivity contribution in [3.63, 3.8) is 0 Å². The van der Waals surface area contributed by atoms with E-state index < -0.39 is 15.7 Å². The largest absolute Gasteiger partial charge is 0.364 e. The van der Waals surface area contributed by atoms with Crippen molar-refractivity contribution in [1.29, 1.82) is 0 Å². The summed E-state index contributed by atoms with van der Waals surface area (Å²) in [6.45, 7) is 1.18. The summed E-state index contributed by atoms with van der Waals surface area (Å²) in [7, 11) is -3.42. The number of carbonyl (C=O) groups excluding carboxylic acids is 1. The number of anilines is 1. The molecule has 2 saturated heterocycles. The average molecular weight is 312 g/mol. The topological polar surface area (TPSA) is 66.5 Å². The van der Waals surface area contributed by atoms with Crippen LogP contribution in [0.1, 0.15) is 12.8 Å². The Morgan fingerprint density at radius 1 is 1.38 bits per heavy atom. The summed E-state index contributed by atoms with van der Waals surface area (Å²) in [5.74, 6) is -0.636. The molecule has 1 aromatic carbocycles. The monoisotopic (exact) mass is 312 g/mol. The van der Waals surface area contributed by atoms with Crippen molar-refractivity contribution in [2.45, 2.75) is 23.8 Å². The van der Waals surface area contributed by atoms with E-state index in [9.17, 15) is 17.6 Å². The van der Waals surface area contributed by atoms with Gasteiger partial charge in [0.25, 0.3) is 0 Å². The van der Waals surface area contributed by atoms with Crippen LogP contribution in [0, 0.1) is 11.7 Å². The molecule has 0 unspecified atom stereocenters. The van der Waals surface area contributed by atoms with E-state index in [0.717, 1.165) is 25.2 Å². The van der Waals surface area contributed by atoms with Gasteiger partial charge in [-0.3, -0.25) is 4.79 Å². The van der Waals surface area contributed by atoms with E-state index in [2.05, 4.69) is 5.32 Å². The van der Waals surface area contributed by atoms with E-state index in [4.69, 9.17) is 0 Å². The molecule has 2 fully saturated rings. The highest BCUT2D eigenvalue weighted by atomic mass is 32.2. The fourth-order valence-corrected chi connectivity index (χ4v) is 3.83. The zero-order chi connectivity index (χ0) is 15.2. The van der Waals surface area contributed by atoms with Crippen LogP contribution >= 0.6 is 0 Å². The third-order valence-electron chi connectivity index (χ3n) is 4.26. The molecule has 5 nitrogen and oxygen atoms in total. The van der Waals surface area contributed by atoms with Gasteiger partial charge in [0.1, 0.15) is 5.82 Å². The van der Waals surface area contributed by atoms with Crippen LogP contribution < -0.4 is 10.2 Å². The Balaban J connectivity index is 1.95. The first kappa shape index (κ1) is 14.3. The van der Waals surface area contributed by atoms with E-state index in [-0.39, 0.29) is 22.8 Å². The van der Waals surface area contributed by atoms with Crippen molar-refractivity contribution >= 4 is 21.4 Å². The molecule has 0 spiro atoms. The molecule has 0 aliphatic carbocycles. The molecule has 7 heteroatoms. The average Bonchev–Trinajstić information content (AvgIpc) is 2.80. The molecule has 114 valence electrons. The lowest BCUT2D eigenvalue weighted by molar-refractivity contribution is -0.123. The summed E-state index contributed by atoms with van der Waals surface area (Å²) in [4.78, 5) is 13.6. The van der Waals surface area contributed by atoms with Crippen LogP contribution in [0.4, 0.5) is 10.1 Å². The highest BCUT2D eigenvalue weighted by Gasteiger charge is 2.41. The van der Waals surface area contributed by atoms with Crippen molar-refractivity contribution < 1.29 is 17.6 Å². The Morgan fingerprint density at radius 3 is 2.81 bits per heavy atom. The smallest absolute Gasteiger partial charge is 0.225 e. The molecular formula is C14H17FN2O3S. The molecule has 2 atom stereocenters. The van der Waals surface area contributed by atoms with Gasteiger partial charge in [-0.15, -0.1) is 0 Å². The number of fused-ring (bicyclic) bond motifs is 1. The van der Waals surface area contributed by atoms with Gasteiger partial charge in [0.2, 0.25) is 5.91 Å². The summed E-state index contributed by atoms with van der Waals surface area (Å²) >= 11 is 0. The summed E-state index contributed by atoms with van der Waals surface area (Å²) in [6, 6.07) is 3.92. The molecular weight excluding hydrogens is 295 g/mol. The lowest BCUT2D eigenvalue weighted by atomic mass is 9.91. The SMILES string of the molecule is CS(=O)(=O)c1ccc(N2CCC[C@H]3C(=O)NC[C@H]32)c(F)c1. The summed E-state index contributed by atoms with van der Waals surface area (Å²) in [5.41, 5.74) is 0.369. The van der Waals surface area contributed by atoms with Gasteiger partial charge in [0, 0.05) is 19.3 Å². The van der Waals surface area contributed by atoms with Crippen molar-refractivity contribution in [3.05, 3.63) is 24.0 Å². The van der Waals surface area contributed by atoms with E-state index in [0.29, 0.717) is 18.8 Å². The second-order valence-corrected chi connectivity index (χ2v) is 7.66. The minimum absolute atomic E-state index is 0.0258. The molecule has 0 aromatic heterocycles. The number of nitrogens with one attached hydrogen (secondary N) is 1. The Hall–Kier alpha value is -1.63. The van der Waals surface area contributed by atoms with Crippen LogP contribution in [0.2, 0.25) is 0 Å². The van der Waals surface area contributed by atoms with Crippen LogP contribution in [0.15, 0.2) is 23.1 Å². The van der Waals surface area contributed by atoms with Crippen molar-refractivity contribution in [3.8, 4) is 0 Å². The second kappa shape index (κ2) is 4.98. The number of hydrogen-bond acceptors (Lipinski definition) is 4. The van der Waals surface area contributed by atoms with Crippen LogP contribution in [0.5, 0.6) is 0 Å². The van der Waals surface area contributed by atoms with Gasteiger partial charge in [-0.1, -0.05) is 0 Å². The minimum atomic E-state index is -3.42. The quantitative estimate of drug-likeness (QED) is 0.883. The molecule has 21 heavy (non-hydrogen) atoms. The molecule has 1 N–H and O–H groups in total. The van der Waals surface area contributed by atoms with E-state index in [1.165, 1.54) is 12.1 Å². The van der Waals surface area contributed by atoms with Crippen LogP contribution in [-0.4, -0.2) is 39.7 Å². The molecule has 1 aromatic rings. The standard InChI is InChI=1S/C14H17FN2O3S/c1-21(19,20)9-4-5-12(11(15)7-9)17-6-2-3-10-13(17)8-16-14(10)18/h4-5,7,10,13H,2-3,6,8H2,1H3,(H,16,18)/t10-,13-/m1/s1. The molecule has 0 saturated carbocycles. The third kappa shape index (κ3) is 2.50. The summed E-state index contributed by atoms with van der Waals surface area (Å²) in [6.07, 6.45) is 2.69. The van der Waals surface area contributed by atoms with Crippen LogP contribution in [0.25, 0.3) is 0 Å². The fraction of sp³-hybridized carbons (Fsp3) is 0.500. The van der Waals surface area contributed by atoms with Gasteiger partial charge < -0.3 is 10.2 Å². The van der Waals surface area contributed by atoms with Crippen molar-refractivity contribution in [1.82, 2.24) is 5.32 Å². The van der Waals surface area contributed by atoms with Crippen LogP contribution in [-0.2, 0) is 14.6 Å². The normalized spacial score (nSPS) is 25.6. The maximum Gasteiger partial charge on any atom is 0.225 e. The molecule has 2 aliphatic heterocycles. The van der Waals surface area contributed by atoms with Gasteiger partial charge in [-0.2, -0.15) is 0 Å². The van der Waals surface area contributed by atoms with E-state index in [1.807, 2.05) is 4.90 Å². The molecule has 2 aliphatic rings. The number of carbonyl (C=O) groups is 1. The number of benzene rings is 1. The van der Waals surface area contributed by atoms with E-state index in [1.54, 1.807) is 0 Å². The highest BCUT2D eigenvalue weighted by Crippen LogP contribution is 2.33. The number of hydrogen-bond donors (Lipinski definition) is 1. The zero-order valence-corrected chi connectivity index (χ0v) is 12.5. The molecule has 2 heterocycles. The number of piperidine rings is 1. The number of halogens is 1. The van der Waals surface area contributed by atoms with E-state index >= 15 is 0 Å². The summed E-state index contributed by atoms with van der Waals surface area (Å²) < 4.78 is 37.2. The Labute approximate surface area is 123 Å². The first-order chi connectivity index (χ1) is 9.88. The predicted octanol–water partition coefficient (Wildman–Crippen LogP) is 0.944. The minimum Gasteiger partial charge on any atom is -0.364 e. The lowest BCUT2D eigenvalue weighted by Gasteiger charge is -2.37. The number of sulfone groups is 1. The third-order valence-corrected chi connectivity index (χ3v) is 5.37. The van der Waals surface area contributed by atoms with Crippen LogP contribution in [0.3, 0.4) is 0 Å². The fourth-order valence-electron chi connectivity index (χ4n) is 3.20. The maximum atomic E-state index is 14.3. The Bertz CT molecular complexity index is 689. The Morgan fingerprint density at radius 2 is 2.14 bits per heavy atom. The highest BCUT2D eigenvalue weighted by molar-refractivity contribution is 7.90. The zero-order valence-electron chi connectivity index (χ0n) is 11.7. The molecule has 3 rings (SSSR count). The predicted molar refractivity (Wildman–Crippen MR) is 76.4 cm³/mol. The van der Waals surface area contributed by atoms with Gasteiger partial charge in [-0.25, -0.2) is 12.8 Å². The number of rotatable bonds is 2. The van der Waals surface area contributed by atoms with Gasteiger partial charge in [0.05, 0.1) is 22.5 Å². The van der Waals surface area contributed by atoms with Crippen molar-refractivity contribution in [2.24, 2.45) is 5.92 Å². The second-order valence-electron chi connectivity index (χ2n) is 5.64.